The summed E-state index contributed by atoms with van der Waals surface area (Å²) in [5.74, 6) is 0.957. The summed E-state index contributed by atoms with van der Waals surface area (Å²) in [6.45, 7) is 0.902. The van der Waals surface area contributed by atoms with Gasteiger partial charge in [-0.1, -0.05) is 60.5 Å². The molecule has 2 aliphatic rings. The molecule has 5 rings (SSSR count). The molecule has 1 saturated heterocycles. The van der Waals surface area contributed by atoms with Crippen LogP contribution in [0.3, 0.4) is 0 Å². The molecule has 0 radical (unpaired) electrons. The maximum absolute atomic E-state index is 13.5. The fourth-order valence-corrected chi connectivity index (χ4v) is 5.36. The summed E-state index contributed by atoms with van der Waals surface area (Å²) in [7, 11) is 0. The monoisotopic (exact) mass is 388 g/mol. The molecule has 1 amide bonds. The molecule has 1 saturated carbocycles. The van der Waals surface area contributed by atoms with E-state index in [1.165, 1.54) is 32.1 Å². The number of hydrogen-bond donors (Lipinski definition) is 0. The van der Waals surface area contributed by atoms with E-state index >= 15 is 0 Å². The van der Waals surface area contributed by atoms with Gasteiger partial charge in [-0.2, -0.15) is 0 Å². The minimum Gasteiger partial charge on any atom is -0.339 e. The second kappa shape index (κ2) is 7.97. The van der Waals surface area contributed by atoms with E-state index in [0.717, 1.165) is 29.6 Å². The van der Waals surface area contributed by atoms with Gasteiger partial charge < -0.3 is 4.90 Å². The number of likely N-dealkylation sites (tertiary alicyclic amines) is 1. The highest BCUT2D eigenvalue weighted by Gasteiger charge is 2.36. The normalized spacial score (nSPS) is 23.0. The first-order valence-corrected chi connectivity index (χ1v) is 11.0. The van der Waals surface area contributed by atoms with Crippen molar-refractivity contribution in [2.75, 3.05) is 6.54 Å². The van der Waals surface area contributed by atoms with Crippen molar-refractivity contribution in [1.29, 1.82) is 0 Å². The molecule has 150 valence electrons. The molecule has 0 spiro atoms. The van der Waals surface area contributed by atoms with Crippen LogP contribution in [0.5, 0.6) is 0 Å². The van der Waals surface area contributed by atoms with Crippen molar-refractivity contribution >= 4 is 16.9 Å². The lowest BCUT2D eigenvalue weighted by Crippen LogP contribution is -2.50. The van der Waals surface area contributed by atoms with Gasteiger partial charge in [0.05, 0.1) is 18.0 Å². The Morgan fingerprint density at radius 1 is 0.966 bits per heavy atom. The maximum Gasteiger partial charge on any atom is 0.225 e. The molecule has 2 fully saturated rings. The highest BCUT2D eigenvalue weighted by Crippen LogP contribution is 2.36. The van der Waals surface area contributed by atoms with Crippen LogP contribution < -0.4 is 0 Å². The Labute approximate surface area is 171 Å². The minimum absolute atomic E-state index is 0.139. The van der Waals surface area contributed by atoms with Gasteiger partial charge in [-0.15, -0.1) is 5.10 Å². The van der Waals surface area contributed by atoms with Gasteiger partial charge in [0.2, 0.25) is 5.91 Å². The first-order chi connectivity index (χ1) is 14.3. The molecule has 5 nitrogen and oxygen atoms in total. The molecule has 1 aliphatic heterocycles. The third-order valence-electron chi connectivity index (χ3n) is 6.79. The van der Waals surface area contributed by atoms with Crippen LogP contribution in [-0.2, 0) is 4.79 Å². The largest absolute Gasteiger partial charge is 0.339 e. The van der Waals surface area contributed by atoms with Crippen molar-refractivity contribution in [2.24, 2.45) is 5.92 Å². The average molecular weight is 389 g/mol. The topological polar surface area (TPSA) is 51.0 Å². The van der Waals surface area contributed by atoms with E-state index in [2.05, 4.69) is 27.3 Å². The molecule has 2 aromatic carbocycles. The molecule has 2 heterocycles. The Hall–Kier alpha value is -2.69. The summed E-state index contributed by atoms with van der Waals surface area (Å²) in [6.07, 6.45) is 7.87. The summed E-state index contributed by atoms with van der Waals surface area (Å²) in [5, 5.41) is 8.79. The molecule has 5 heteroatoms. The Bertz CT molecular complexity index is 981. The molecule has 3 unspecified atom stereocenters. The molecule has 0 bridgehead atoms. The van der Waals surface area contributed by atoms with Crippen LogP contribution >= 0.6 is 0 Å². The molecular weight excluding hydrogens is 360 g/mol. The Morgan fingerprint density at radius 2 is 1.72 bits per heavy atom. The number of piperidine rings is 1. The Morgan fingerprint density at radius 3 is 2.62 bits per heavy atom. The van der Waals surface area contributed by atoms with Crippen molar-refractivity contribution in [3.63, 3.8) is 0 Å². The first-order valence-electron chi connectivity index (χ1n) is 11.0. The standard InChI is InChI=1S/C24H28N4O/c29-24(27-16-8-12-18-11-4-6-14-21(18)27)17-23(19-9-2-1-3-10-19)28-22-15-7-5-13-20(22)25-26-28/h1-3,5,7,9-10,13,15,18,21,23H,4,6,8,11-12,14,16-17H2. The van der Waals surface area contributed by atoms with Gasteiger partial charge in [0.15, 0.2) is 0 Å². The van der Waals surface area contributed by atoms with Gasteiger partial charge in [-0.3, -0.25) is 4.79 Å². The number of benzene rings is 2. The quantitative estimate of drug-likeness (QED) is 0.657. The van der Waals surface area contributed by atoms with E-state index in [-0.39, 0.29) is 11.9 Å². The highest BCUT2D eigenvalue weighted by molar-refractivity contribution is 5.79. The van der Waals surface area contributed by atoms with E-state index in [1.807, 2.05) is 47.1 Å². The number of carbonyl (C=O) groups excluding carboxylic acids is 1. The lowest BCUT2D eigenvalue weighted by Gasteiger charge is -2.44. The SMILES string of the molecule is O=C(CC(c1ccccc1)n1nnc2ccccc21)N1CCCC2CCCCC21. The van der Waals surface area contributed by atoms with Crippen LogP contribution in [0.4, 0.5) is 0 Å². The number of para-hydroxylation sites is 1. The molecule has 3 atom stereocenters. The zero-order valence-corrected chi connectivity index (χ0v) is 16.8. The van der Waals surface area contributed by atoms with Gasteiger partial charge in [0.25, 0.3) is 0 Å². The fraction of sp³-hybridized carbons (Fsp3) is 0.458. The van der Waals surface area contributed by atoms with Crippen LogP contribution in [0.15, 0.2) is 54.6 Å². The number of fused-ring (bicyclic) bond motifs is 2. The van der Waals surface area contributed by atoms with Crippen molar-refractivity contribution in [2.45, 2.75) is 57.0 Å². The van der Waals surface area contributed by atoms with Crippen LogP contribution in [0.1, 0.15) is 56.6 Å². The Kier molecular flexibility index (Phi) is 5.04. The predicted molar refractivity (Wildman–Crippen MR) is 113 cm³/mol. The molecular formula is C24H28N4O. The smallest absolute Gasteiger partial charge is 0.225 e. The van der Waals surface area contributed by atoms with Gasteiger partial charge in [0, 0.05) is 12.6 Å². The van der Waals surface area contributed by atoms with Crippen molar-refractivity contribution < 1.29 is 4.79 Å². The zero-order chi connectivity index (χ0) is 19.6. The lowest BCUT2D eigenvalue weighted by atomic mass is 9.78. The third-order valence-corrected chi connectivity index (χ3v) is 6.79. The van der Waals surface area contributed by atoms with Crippen LogP contribution in [0, 0.1) is 5.92 Å². The molecule has 1 aliphatic carbocycles. The van der Waals surface area contributed by atoms with Crippen molar-refractivity contribution in [1.82, 2.24) is 19.9 Å². The summed E-state index contributed by atoms with van der Waals surface area (Å²) in [4.78, 5) is 15.7. The highest BCUT2D eigenvalue weighted by atomic mass is 16.2. The Balaban J connectivity index is 1.46. The van der Waals surface area contributed by atoms with Crippen LogP contribution in [0.2, 0.25) is 0 Å². The van der Waals surface area contributed by atoms with Crippen LogP contribution in [0.25, 0.3) is 11.0 Å². The van der Waals surface area contributed by atoms with Crippen molar-refractivity contribution in [3.05, 3.63) is 60.2 Å². The summed E-state index contributed by atoms with van der Waals surface area (Å²) in [6, 6.07) is 18.5. The summed E-state index contributed by atoms with van der Waals surface area (Å²) < 4.78 is 1.94. The lowest BCUT2D eigenvalue weighted by molar-refractivity contribution is -0.138. The third kappa shape index (κ3) is 3.54. The van der Waals surface area contributed by atoms with E-state index in [0.29, 0.717) is 18.4 Å². The average Bonchev–Trinajstić information content (AvgIpc) is 3.21. The van der Waals surface area contributed by atoms with Gasteiger partial charge in [-0.05, 0) is 49.3 Å². The number of nitrogens with zero attached hydrogens (tertiary/aromatic N) is 4. The predicted octanol–water partition coefficient (Wildman–Crippen LogP) is 4.59. The second-order valence-electron chi connectivity index (χ2n) is 8.49. The van der Waals surface area contributed by atoms with Crippen molar-refractivity contribution in [3.8, 4) is 0 Å². The number of rotatable bonds is 4. The van der Waals surface area contributed by atoms with E-state index in [4.69, 9.17) is 0 Å². The number of carbonyl (C=O) groups is 1. The zero-order valence-electron chi connectivity index (χ0n) is 16.8. The van der Waals surface area contributed by atoms with Gasteiger partial charge in [-0.25, -0.2) is 4.68 Å². The molecule has 3 aromatic rings. The van der Waals surface area contributed by atoms with Gasteiger partial charge in [0.1, 0.15) is 5.52 Å². The van der Waals surface area contributed by atoms with E-state index in [1.54, 1.807) is 0 Å². The first kappa shape index (κ1) is 18.3. The number of hydrogen-bond acceptors (Lipinski definition) is 3. The van der Waals surface area contributed by atoms with Gasteiger partial charge >= 0.3 is 0 Å². The molecule has 29 heavy (non-hydrogen) atoms. The number of amides is 1. The molecule has 0 N–H and O–H groups in total. The fourth-order valence-electron chi connectivity index (χ4n) is 5.36. The summed E-state index contributed by atoms with van der Waals surface area (Å²) >= 11 is 0. The second-order valence-corrected chi connectivity index (χ2v) is 8.49. The van der Waals surface area contributed by atoms with Crippen LogP contribution in [-0.4, -0.2) is 38.4 Å². The van der Waals surface area contributed by atoms with E-state index in [9.17, 15) is 4.79 Å². The minimum atomic E-state index is -0.139. The maximum atomic E-state index is 13.5. The van der Waals surface area contributed by atoms with E-state index < -0.39 is 0 Å². The summed E-state index contributed by atoms with van der Waals surface area (Å²) in [5.41, 5.74) is 2.95. The number of aromatic nitrogens is 3. The molecule has 1 aromatic heterocycles.